The molecule has 3 aromatic rings. The summed E-state index contributed by atoms with van der Waals surface area (Å²) in [7, 11) is 3.27. The number of carbonyl (C=O) groups excluding carboxylic acids is 4. The zero-order valence-electron chi connectivity index (χ0n) is 22.0. The Labute approximate surface area is 228 Å². The van der Waals surface area contributed by atoms with Gasteiger partial charge in [-0.3, -0.25) is 19.2 Å². The highest BCUT2D eigenvalue weighted by Crippen LogP contribution is 2.35. The number of hydrogen-bond acceptors (Lipinski definition) is 10. The van der Waals surface area contributed by atoms with Gasteiger partial charge in [0.05, 0.1) is 16.7 Å². The Hall–Kier alpha value is -4.98. The lowest BCUT2D eigenvalue weighted by molar-refractivity contribution is 0.0951. The summed E-state index contributed by atoms with van der Waals surface area (Å²) in [5, 5.41) is 38.3. The minimum Gasteiger partial charge on any atom is -0.507 e. The van der Waals surface area contributed by atoms with Crippen molar-refractivity contribution in [2.75, 3.05) is 14.1 Å². The van der Waals surface area contributed by atoms with Gasteiger partial charge in [0.1, 0.15) is 40.7 Å². The quantitative estimate of drug-likeness (QED) is 0.276. The van der Waals surface area contributed by atoms with Crippen molar-refractivity contribution in [3.05, 3.63) is 93.1 Å². The third-order valence-corrected chi connectivity index (χ3v) is 6.17. The van der Waals surface area contributed by atoms with E-state index in [0.717, 1.165) is 0 Å². The van der Waals surface area contributed by atoms with Crippen molar-refractivity contribution in [3.63, 3.8) is 0 Å². The number of rotatable bonds is 2. The number of ketones is 4. The molecule has 0 fully saturated rings. The van der Waals surface area contributed by atoms with E-state index in [0.29, 0.717) is 0 Å². The van der Waals surface area contributed by atoms with Crippen LogP contribution in [0.25, 0.3) is 0 Å². The molecule has 4 N–H and O–H groups in total. The number of benzene rings is 2. The molecule has 1 aromatic heterocycles. The van der Waals surface area contributed by atoms with Crippen molar-refractivity contribution in [2.24, 2.45) is 0 Å². The summed E-state index contributed by atoms with van der Waals surface area (Å²) in [5.74, 6) is 2.78. The van der Waals surface area contributed by atoms with Gasteiger partial charge < -0.3 is 29.7 Å². The molecule has 10 heteroatoms. The van der Waals surface area contributed by atoms with Gasteiger partial charge in [-0.1, -0.05) is 24.0 Å². The molecule has 2 atom stereocenters. The van der Waals surface area contributed by atoms with Crippen molar-refractivity contribution in [1.29, 1.82) is 0 Å². The molecule has 0 aliphatic heterocycles. The largest absolute Gasteiger partial charge is 0.507 e. The lowest BCUT2D eigenvalue weighted by Crippen LogP contribution is -2.29. The van der Waals surface area contributed by atoms with Gasteiger partial charge in [-0.2, -0.15) is 0 Å². The van der Waals surface area contributed by atoms with Gasteiger partial charge in [0, 0.05) is 25.2 Å². The van der Waals surface area contributed by atoms with Gasteiger partial charge >= 0.3 is 0 Å². The molecule has 0 saturated heterocycles. The fourth-order valence-electron chi connectivity index (χ4n) is 4.34. The molecule has 5 rings (SSSR count). The van der Waals surface area contributed by atoms with Crippen LogP contribution in [0.4, 0.5) is 0 Å². The SMILES string of the molecule is CC(O)C#CC1=C(N(C)C)C(=O)c2cccc(O)c2C1=O.CC(O)c1cc2c(o1)C(=O)c1cccc(O)c1C2=O. The molecular weight excluding hydrogens is 518 g/mol. The van der Waals surface area contributed by atoms with Crippen LogP contribution < -0.4 is 0 Å². The van der Waals surface area contributed by atoms with Gasteiger partial charge in [0.25, 0.3) is 0 Å². The van der Waals surface area contributed by atoms with E-state index in [2.05, 4.69) is 11.8 Å². The van der Waals surface area contributed by atoms with Crippen LogP contribution in [-0.2, 0) is 0 Å². The average molecular weight is 544 g/mol. The zero-order valence-corrected chi connectivity index (χ0v) is 22.0. The van der Waals surface area contributed by atoms with Crippen molar-refractivity contribution in [3.8, 4) is 23.3 Å². The molecule has 0 saturated carbocycles. The number of Topliss-reactive ketones (excluding diaryl/α,β-unsaturated/α-hetero) is 2. The number of phenolic OH excluding ortho intramolecular Hbond substituents is 2. The molecule has 2 unspecified atom stereocenters. The van der Waals surface area contributed by atoms with E-state index in [1.807, 2.05) is 0 Å². The lowest BCUT2D eigenvalue weighted by Gasteiger charge is -2.23. The first-order chi connectivity index (χ1) is 18.8. The fraction of sp³-hybridized carbons (Fsp3) is 0.200. The van der Waals surface area contributed by atoms with Crippen molar-refractivity contribution in [2.45, 2.75) is 26.1 Å². The topological polar surface area (TPSA) is 166 Å². The smallest absolute Gasteiger partial charge is 0.229 e. The third kappa shape index (κ3) is 4.80. The number of nitrogens with zero attached hydrogens (tertiary/aromatic N) is 1. The monoisotopic (exact) mass is 543 g/mol. The first-order valence-corrected chi connectivity index (χ1v) is 12.1. The Kier molecular flexibility index (Phi) is 7.46. The second kappa shape index (κ2) is 10.6. The number of carbonyl (C=O) groups is 4. The summed E-state index contributed by atoms with van der Waals surface area (Å²) in [6.07, 6.45) is -1.84. The molecule has 0 spiro atoms. The highest BCUT2D eigenvalue weighted by atomic mass is 16.4. The Morgan fingerprint density at radius 3 is 1.85 bits per heavy atom. The van der Waals surface area contributed by atoms with Crippen LogP contribution in [0.3, 0.4) is 0 Å². The molecule has 10 nitrogen and oxygen atoms in total. The van der Waals surface area contributed by atoms with E-state index in [4.69, 9.17) is 4.42 Å². The number of allylic oxidation sites excluding steroid dienone is 2. The molecule has 2 aliphatic rings. The molecule has 0 bridgehead atoms. The van der Waals surface area contributed by atoms with Crippen molar-refractivity contribution >= 4 is 23.1 Å². The third-order valence-electron chi connectivity index (χ3n) is 6.17. The molecule has 2 aliphatic carbocycles. The van der Waals surface area contributed by atoms with Crippen LogP contribution >= 0.6 is 0 Å². The predicted molar refractivity (Wildman–Crippen MR) is 141 cm³/mol. The Morgan fingerprint density at radius 1 is 0.775 bits per heavy atom. The normalized spacial score (nSPS) is 15.2. The van der Waals surface area contributed by atoms with Crippen molar-refractivity contribution < 1.29 is 44.0 Å². The summed E-state index contributed by atoms with van der Waals surface area (Å²) in [5.41, 5.74) is 0.442. The Balaban J connectivity index is 0.000000186. The highest BCUT2D eigenvalue weighted by Gasteiger charge is 2.36. The summed E-state index contributed by atoms with van der Waals surface area (Å²) < 4.78 is 5.24. The molecule has 0 radical (unpaired) electrons. The number of hydrogen-bond donors (Lipinski definition) is 4. The standard InChI is InChI=1S/C16H15NO4.C14H10O5/c1-9(18)7-8-11-14(17(2)3)16(21)10-5-4-6-12(19)13(10)15(11)20;1-6(15)10-5-8-12(17)11-7(3-2-4-9(11)16)13(18)14(8)19-10/h4-6,9,18-19H,1-3H3;2-6,15-16H,1H3. The van der Waals surface area contributed by atoms with Gasteiger partial charge in [-0.15, -0.1) is 0 Å². The van der Waals surface area contributed by atoms with E-state index in [1.165, 1.54) is 61.2 Å². The van der Waals surface area contributed by atoms with E-state index in [1.54, 1.807) is 14.1 Å². The summed E-state index contributed by atoms with van der Waals surface area (Å²) >= 11 is 0. The van der Waals surface area contributed by atoms with Crippen LogP contribution in [0.2, 0.25) is 0 Å². The Bertz CT molecular complexity index is 1680. The highest BCUT2D eigenvalue weighted by molar-refractivity contribution is 6.29. The van der Waals surface area contributed by atoms with E-state index >= 15 is 0 Å². The number of phenols is 2. The summed E-state index contributed by atoms with van der Waals surface area (Å²) in [6.45, 7) is 2.94. The van der Waals surface area contributed by atoms with E-state index in [-0.39, 0.29) is 67.9 Å². The van der Waals surface area contributed by atoms with Gasteiger partial charge in [0.2, 0.25) is 23.1 Å². The molecular formula is C30H25NO9. The van der Waals surface area contributed by atoms with E-state index in [9.17, 15) is 39.6 Å². The molecule has 40 heavy (non-hydrogen) atoms. The molecule has 204 valence electrons. The van der Waals surface area contributed by atoms with Crippen molar-refractivity contribution in [1.82, 2.24) is 4.90 Å². The molecule has 0 amide bonds. The maximum Gasteiger partial charge on any atom is 0.229 e. The number of aliphatic hydroxyl groups is 2. The second-order valence-electron chi connectivity index (χ2n) is 9.35. The summed E-state index contributed by atoms with van der Waals surface area (Å²) in [6, 6.07) is 10.0. The maximum absolute atomic E-state index is 12.5. The molecule has 2 aromatic carbocycles. The van der Waals surface area contributed by atoms with Crippen LogP contribution in [-0.4, -0.2) is 68.7 Å². The predicted octanol–water partition coefficient (Wildman–Crippen LogP) is 2.79. The van der Waals surface area contributed by atoms with Crippen LogP contribution in [0, 0.1) is 11.8 Å². The zero-order chi connectivity index (χ0) is 29.5. The second-order valence-corrected chi connectivity index (χ2v) is 9.35. The molecule has 1 heterocycles. The van der Waals surface area contributed by atoms with Gasteiger partial charge in [0.15, 0.2) is 5.76 Å². The van der Waals surface area contributed by atoms with Crippen LogP contribution in [0.5, 0.6) is 11.5 Å². The van der Waals surface area contributed by atoms with Gasteiger partial charge in [-0.05, 0) is 44.2 Å². The number of aliphatic hydroxyl groups excluding tert-OH is 2. The lowest BCUT2D eigenvalue weighted by atomic mass is 9.86. The van der Waals surface area contributed by atoms with E-state index < -0.39 is 29.6 Å². The summed E-state index contributed by atoms with van der Waals surface area (Å²) in [4.78, 5) is 51.0. The first-order valence-electron chi connectivity index (χ1n) is 12.1. The maximum atomic E-state index is 12.5. The number of likely N-dealkylation sites (N-methyl/N-ethyl adjacent to an activating group) is 1. The average Bonchev–Trinajstić information content (AvgIpc) is 3.35. The van der Waals surface area contributed by atoms with Crippen LogP contribution in [0.1, 0.15) is 78.5 Å². The number of fused-ring (bicyclic) bond motifs is 3. The fourth-order valence-corrected chi connectivity index (χ4v) is 4.34. The van der Waals surface area contributed by atoms with Crippen LogP contribution in [0.15, 0.2) is 58.2 Å². The minimum absolute atomic E-state index is 0.0140. The number of aromatic hydroxyl groups is 2. The Morgan fingerprint density at radius 2 is 1.32 bits per heavy atom. The minimum atomic E-state index is -0.922. The number of furan rings is 1. The first kappa shape index (κ1) is 28.0. The van der Waals surface area contributed by atoms with Gasteiger partial charge in [-0.25, -0.2) is 0 Å².